The first-order chi connectivity index (χ1) is 11.1. The fourth-order valence-corrected chi connectivity index (χ4v) is 3.36. The van der Waals surface area contributed by atoms with E-state index in [1.165, 1.54) is 15.3 Å². The minimum absolute atomic E-state index is 0.807. The summed E-state index contributed by atoms with van der Waals surface area (Å²) in [6, 6.07) is 12.5. The zero-order chi connectivity index (χ0) is 16.7. The van der Waals surface area contributed by atoms with E-state index in [1.807, 2.05) is 12.1 Å². The predicted molar refractivity (Wildman–Crippen MR) is 104 cm³/mol. The summed E-state index contributed by atoms with van der Waals surface area (Å²) in [4.78, 5) is 5.09. The van der Waals surface area contributed by atoms with E-state index in [0.29, 0.717) is 0 Å². The predicted octanol–water partition coefficient (Wildman–Crippen LogP) is 2.79. The fraction of sp³-hybridized carbons (Fsp3) is 0.389. The second kappa shape index (κ2) is 9.01. The molecule has 0 aliphatic carbocycles. The molecule has 0 atom stereocenters. The molecule has 1 aromatic carbocycles. The van der Waals surface area contributed by atoms with Crippen molar-refractivity contribution in [3.8, 4) is 0 Å². The van der Waals surface area contributed by atoms with Crippen LogP contribution in [-0.4, -0.2) is 37.2 Å². The van der Waals surface area contributed by atoms with Gasteiger partial charge in [-0.25, -0.2) is 0 Å². The summed E-state index contributed by atoms with van der Waals surface area (Å²) in [5.74, 6) is 0. The molecular weight excluding hydrogens is 322 g/mol. The van der Waals surface area contributed by atoms with Gasteiger partial charge in [0.25, 0.3) is 0 Å². The number of aryl methyl sites for hydroxylation is 1. The third kappa shape index (κ3) is 5.94. The van der Waals surface area contributed by atoms with Gasteiger partial charge in [-0.3, -0.25) is 0 Å². The van der Waals surface area contributed by atoms with Crippen LogP contribution in [0, 0.1) is 6.92 Å². The smallest absolute Gasteiger partial charge is 0.173 e. The first-order valence-electron chi connectivity index (χ1n) is 7.99. The first kappa shape index (κ1) is 17.9. The number of nitrogens with zero attached hydrogens (tertiary/aromatic N) is 1. The molecule has 0 radical (unpaired) electrons. The van der Waals surface area contributed by atoms with Crippen molar-refractivity contribution in [3.63, 3.8) is 0 Å². The van der Waals surface area contributed by atoms with E-state index in [9.17, 15) is 0 Å². The van der Waals surface area contributed by atoms with Crippen LogP contribution in [0.1, 0.15) is 16.9 Å². The average molecular weight is 349 g/mol. The minimum atomic E-state index is 0.807. The third-order valence-electron chi connectivity index (χ3n) is 3.71. The van der Waals surface area contributed by atoms with E-state index in [2.05, 4.69) is 60.9 Å². The number of quaternary nitrogens is 1. The molecule has 2 rings (SSSR count). The molecule has 1 aromatic heterocycles. The second-order valence-electron chi connectivity index (χ2n) is 6.06. The van der Waals surface area contributed by atoms with Gasteiger partial charge in [0.15, 0.2) is 5.11 Å². The molecule has 0 amide bonds. The van der Waals surface area contributed by atoms with E-state index in [4.69, 9.17) is 12.2 Å². The van der Waals surface area contributed by atoms with Crippen molar-refractivity contribution in [1.82, 2.24) is 4.90 Å². The number of thiocarbonyl (C=S) groups is 1. The topological polar surface area (TPSA) is 19.7 Å². The van der Waals surface area contributed by atoms with Crippen LogP contribution in [0.25, 0.3) is 0 Å². The van der Waals surface area contributed by atoms with Crippen molar-refractivity contribution in [2.75, 3.05) is 32.5 Å². The van der Waals surface area contributed by atoms with E-state index in [0.717, 1.165) is 36.9 Å². The standard InChI is InChI=1S/C18H25N3S2/c1-15-8-4-5-10-17(15)19-18(22)21(12-7-11-20(2)3)14-16-9-6-13-23-16/h4-6,8-10,13H,7,11-12,14H2,1-3H3,(H,19,22)/p+1. The maximum Gasteiger partial charge on any atom is 0.173 e. The van der Waals surface area contributed by atoms with Gasteiger partial charge >= 0.3 is 0 Å². The van der Waals surface area contributed by atoms with Crippen molar-refractivity contribution in [2.45, 2.75) is 19.9 Å². The summed E-state index contributed by atoms with van der Waals surface area (Å²) in [7, 11) is 4.38. The Kier molecular flexibility index (Phi) is 7.02. The van der Waals surface area contributed by atoms with Gasteiger partial charge in [-0.05, 0) is 42.2 Å². The Morgan fingerprint density at radius 2 is 2.00 bits per heavy atom. The lowest BCUT2D eigenvalue weighted by Gasteiger charge is -2.26. The van der Waals surface area contributed by atoms with Gasteiger partial charge in [0.2, 0.25) is 0 Å². The first-order valence-corrected chi connectivity index (χ1v) is 9.28. The van der Waals surface area contributed by atoms with Crippen molar-refractivity contribution in [3.05, 3.63) is 52.2 Å². The third-order valence-corrected chi connectivity index (χ3v) is 4.93. The van der Waals surface area contributed by atoms with Crippen molar-refractivity contribution >= 4 is 34.4 Å². The van der Waals surface area contributed by atoms with Crippen LogP contribution in [-0.2, 0) is 6.54 Å². The summed E-state index contributed by atoms with van der Waals surface area (Å²) in [6.07, 6.45) is 1.13. The van der Waals surface area contributed by atoms with Crippen LogP contribution >= 0.6 is 23.6 Å². The molecule has 0 fully saturated rings. The fourth-order valence-electron chi connectivity index (χ4n) is 2.37. The normalized spacial score (nSPS) is 10.8. The Labute approximate surface area is 148 Å². The molecular formula is C18H26N3S2+. The zero-order valence-electron chi connectivity index (χ0n) is 14.1. The van der Waals surface area contributed by atoms with Crippen LogP contribution in [0.15, 0.2) is 41.8 Å². The molecule has 124 valence electrons. The van der Waals surface area contributed by atoms with Gasteiger partial charge in [-0.15, -0.1) is 11.3 Å². The Morgan fingerprint density at radius 3 is 2.65 bits per heavy atom. The second-order valence-corrected chi connectivity index (χ2v) is 7.48. The minimum Gasteiger partial charge on any atom is -0.344 e. The molecule has 0 aliphatic rings. The molecule has 0 saturated carbocycles. The Balaban J connectivity index is 2.02. The molecule has 23 heavy (non-hydrogen) atoms. The zero-order valence-corrected chi connectivity index (χ0v) is 15.8. The van der Waals surface area contributed by atoms with Crippen molar-refractivity contribution in [2.24, 2.45) is 0 Å². The largest absolute Gasteiger partial charge is 0.344 e. The molecule has 2 N–H and O–H groups in total. The number of rotatable bonds is 7. The number of thiophene rings is 1. The Hall–Kier alpha value is -1.43. The molecule has 0 aliphatic heterocycles. The molecule has 2 aromatic rings. The highest BCUT2D eigenvalue weighted by Crippen LogP contribution is 2.16. The number of hydrogen-bond acceptors (Lipinski definition) is 2. The van der Waals surface area contributed by atoms with Crippen molar-refractivity contribution < 1.29 is 4.90 Å². The average Bonchev–Trinajstić information content (AvgIpc) is 3.01. The highest BCUT2D eigenvalue weighted by molar-refractivity contribution is 7.80. The van der Waals surface area contributed by atoms with E-state index in [-0.39, 0.29) is 0 Å². The van der Waals surface area contributed by atoms with Gasteiger partial charge in [0, 0.05) is 23.5 Å². The van der Waals surface area contributed by atoms with Gasteiger partial charge < -0.3 is 15.1 Å². The summed E-state index contributed by atoms with van der Waals surface area (Å²) >= 11 is 7.47. The quantitative estimate of drug-likeness (QED) is 0.751. The Bertz CT molecular complexity index is 608. The number of nitrogens with one attached hydrogen (secondary N) is 2. The molecule has 5 heteroatoms. The van der Waals surface area contributed by atoms with Crippen LogP contribution in [0.5, 0.6) is 0 Å². The maximum absolute atomic E-state index is 5.68. The summed E-state index contributed by atoms with van der Waals surface area (Å²) in [6.45, 7) is 5.09. The SMILES string of the molecule is Cc1ccccc1NC(=S)N(CCC[NH+](C)C)Cc1cccs1. The van der Waals surface area contributed by atoms with E-state index < -0.39 is 0 Å². The lowest BCUT2D eigenvalue weighted by Crippen LogP contribution is -3.05. The van der Waals surface area contributed by atoms with Crippen molar-refractivity contribution in [1.29, 1.82) is 0 Å². The lowest BCUT2D eigenvalue weighted by atomic mass is 10.2. The summed E-state index contributed by atoms with van der Waals surface area (Å²) in [5.41, 5.74) is 2.30. The molecule has 3 nitrogen and oxygen atoms in total. The van der Waals surface area contributed by atoms with Gasteiger partial charge in [-0.1, -0.05) is 24.3 Å². The number of hydrogen-bond donors (Lipinski definition) is 2. The van der Waals surface area contributed by atoms with Crippen LogP contribution in [0.2, 0.25) is 0 Å². The molecule has 1 heterocycles. The lowest BCUT2D eigenvalue weighted by molar-refractivity contribution is -0.858. The Morgan fingerprint density at radius 1 is 1.22 bits per heavy atom. The molecule has 0 unspecified atom stereocenters. The van der Waals surface area contributed by atoms with E-state index in [1.54, 1.807) is 11.3 Å². The molecule has 0 spiro atoms. The van der Waals surface area contributed by atoms with Gasteiger partial charge in [-0.2, -0.15) is 0 Å². The summed E-state index contributed by atoms with van der Waals surface area (Å²) < 4.78 is 0. The number of anilines is 1. The highest BCUT2D eigenvalue weighted by Gasteiger charge is 2.12. The molecule has 0 bridgehead atoms. The number of para-hydroxylation sites is 1. The van der Waals surface area contributed by atoms with Gasteiger partial charge in [0.05, 0.1) is 27.2 Å². The van der Waals surface area contributed by atoms with Crippen LogP contribution < -0.4 is 10.2 Å². The van der Waals surface area contributed by atoms with Crippen LogP contribution in [0.4, 0.5) is 5.69 Å². The monoisotopic (exact) mass is 348 g/mol. The summed E-state index contributed by atoms with van der Waals surface area (Å²) in [5, 5.41) is 6.34. The molecule has 0 saturated heterocycles. The van der Waals surface area contributed by atoms with Gasteiger partial charge in [0.1, 0.15) is 0 Å². The number of benzene rings is 1. The maximum atomic E-state index is 5.68. The van der Waals surface area contributed by atoms with Crippen LogP contribution in [0.3, 0.4) is 0 Å². The highest BCUT2D eigenvalue weighted by atomic mass is 32.1. The van der Waals surface area contributed by atoms with E-state index >= 15 is 0 Å².